The second-order valence-electron chi connectivity index (χ2n) is 6.87. The summed E-state index contributed by atoms with van der Waals surface area (Å²) in [6, 6.07) is 18.3. The third-order valence-corrected chi connectivity index (χ3v) is 5.76. The molecule has 0 aliphatic heterocycles. The van der Waals surface area contributed by atoms with Gasteiger partial charge in [-0.05, 0) is 42.5 Å². The number of nitrogens with zero attached hydrogens (tertiary/aromatic N) is 3. The highest BCUT2D eigenvalue weighted by molar-refractivity contribution is 7.99. The molecule has 6 heteroatoms. The highest BCUT2D eigenvalue weighted by Gasteiger charge is 2.12. The van der Waals surface area contributed by atoms with Crippen molar-refractivity contribution in [3.05, 3.63) is 71.5 Å². The second kappa shape index (κ2) is 9.55. The first kappa shape index (κ1) is 20.1. The van der Waals surface area contributed by atoms with Gasteiger partial charge in [-0.25, -0.2) is 0 Å². The number of thioether (sulfide) groups is 1. The van der Waals surface area contributed by atoms with Crippen molar-refractivity contribution in [1.29, 1.82) is 0 Å². The Morgan fingerprint density at radius 2 is 1.82 bits per heavy atom. The molecule has 1 heterocycles. The first-order chi connectivity index (χ1) is 13.6. The standard InChI is InChI=1S/C22H26N4OS/c1-4-16(2)19-10-12-20(13-11-19)23-21(27)15-28-22-25-24-17(3)26(22)14-18-8-6-5-7-9-18/h5-13,16H,4,14-15H2,1-3H3,(H,23,27)/t16-/m0/s1. The Bertz CT molecular complexity index is 906. The Labute approximate surface area is 170 Å². The summed E-state index contributed by atoms with van der Waals surface area (Å²) in [5, 5.41) is 12.1. The van der Waals surface area contributed by atoms with E-state index in [0.29, 0.717) is 18.2 Å². The second-order valence-corrected chi connectivity index (χ2v) is 7.81. The number of hydrogen-bond donors (Lipinski definition) is 1. The highest BCUT2D eigenvalue weighted by atomic mass is 32.2. The summed E-state index contributed by atoms with van der Waals surface area (Å²) in [6.07, 6.45) is 1.10. The van der Waals surface area contributed by atoms with Crippen molar-refractivity contribution < 1.29 is 4.79 Å². The van der Waals surface area contributed by atoms with Crippen molar-refractivity contribution in [1.82, 2.24) is 14.8 Å². The lowest BCUT2D eigenvalue weighted by Gasteiger charge is -2.11. The van der Waals surface area contributed by atoms with Crippen molar-refractivity contribution in [2.24, 2.45) is 0 Å². The van der Waals surface area contributed by atoms with Gasteiger partial charge in [0, 0.05) is 5.69 Å². The third-order valence-electron chi connectivity index (χ3n) is 4.79. The topological polar surface area (TPSA) is 59.8 Å². The van der Waals surface area contributed by atoms with E-state index in [4.69, 9.17) is 0 Å². The molecule has 28 heavy (non-hydrogen) atoms. The molecule has 1 aromatic heterocycles. The van der Waals surface area contributed by atoms with Gasteiger partial charge in [-0.2, -0.15) is 0 Å². The van der Waals surface area contributed by atoms with Crippen molar-refractivity contribution in [3.63, 3.8) is 0 Å². The quantitative estimate of drug-likeness (QED) is 0.553. The van der Waals surface area contributed by atoms with E-state index in [2.05, 4.69) is 53.6 Å². The number of benzene rings is 2. The van der Waals surface area contributed by atoms with Gasteiger partial charge in [0.25, 0.3) is 0 Å². The van der Waals surface area contributed by atoms with Crippen LogP contribution in [0.15, 0.2) is 59.8 Å². The molecule has 0 aliphatic carbocycles. The number of nitrogens with one attached hydrogen (secondary N) is 1. The van der Waals surface area contributed by atoms with E-state index in [9.17, 15) is 4.79 Å². The minimum atomic E-state index is -0.0480. The van der Waals surface area contributed by atoms with Gasteiger partial charge in [-0.1, -0.05) is 68.1 Å². The van der Waals surface area contributed by atoms with Crippen LogP contribution in [-0.4, -0.2) is 26.4 Å². The summed E-state index contributed by atoms with van der Waals surface area (Å²) >= 11 is 1.40. The monoisotopic (exact) mass is 394 g/mol. The Morgan fingerprint density at radius 1 is 1.11 bits per heavy atom. The lowest BCUT2D eigenvalue weighted by Crippen LogP contribution is -2.15. The van der Waals surface area contributed by atoms with E-state index in [1.807, 2.05) is 41.8 Å². The van der Waals surface area contributed by atoms with Crippen molar-refractivity contribution in [3.8, 4) is 0 Å². The number of aromatic nitrogens is 3. The molecule has 0 unspecified atom stereocenters. The molecule has 5 nitrogen and oxygen atoms in total. The molecular weight excluding hydrogens is 368 g/mol. The molecule has 146 valence electrons. The lowest BCUT2D eigenvalue weighted by molar-refractivity contribution is -0.113. The number of anilines is 1. The number of rotatable bonds is 8. The minimum absolute atomic E-state index is 0.0480. The average Bonchev–Trinajstić information content (AvgIpc) is 3.06. The van der Waals surface area contributed by atoms with E-state index < -0.39 is 0 Å². The van der Waals surface area contributed by atoms with Crippen LogP contribution in [0.1, 0.15) is 43.1 Å². The fourth-order valence-corrected chi connectivity index (χ4v) is 3.66. The maximum Gasteiger partial charge on any atom is 0.234 e. The zero-order valence-corrected chi connectivity index (χ0v) is 17.4. The van der Waals surface area contributed by atoms with Gasteiger partial charge in [0.1, 0.15) is 5.82 Å². The van der Waals surface area contributed by atoms with Gasteiger partial charge < -0.3 is 9.88 Å². The molecule has 0 saturated carbocycles. The molecular formula is C22H26N4OS. The van der Waals surface area contributed by atoms with Crippen LogP contribution in [0.5, 0.6) is 0 Å². The third kappa shape index (κ3) is 5.23. The fraction of sp³-hybridized carbons (Fsp3) is 0.318. The number of hydrogen-bond acceptors (Lipinski definition) is 4. The van der Waals surface area contributed by atoms with Crippen molar-refractivity contribution in [2.75, 3.05) is 11.1 Å². The summed E-state index contributed by atoms with van der Waals surface area (Å²) in [4.78, 5) is 12.3. The molecule has 0 saturated heterocycles. The Balaban J connectivity index is 1.58. The van der Waals surface area contributed by atoms with Crippen molar-refractivity contribution in [2.45, 2.75) is 44.8 Å². The van der Waals surface area contributed by atoms with E-state index in [-0.39, 0.29) is 5.91 Å². The van der Waals surface area contributed by atoms with Gasteiger partial charge in [0.05, 0.1) is 12.3 Å². The summed E-state index contributed by atoms with van der Waals surface area (Å²) in [7, 11) is 0. The number of carbonyl (C=O) groups is 1. The Kier molecular flexibility index (Phi) is 6.87. The molecule has 0 spiro atoms. The van der Waals surface area contributed by atoms with Gasteiger partial charge in [-0.3, -0.25) is 4.79 Å². The van der Waals surface area contributed by atoms with E-state index >= 15 is 0 Å². The van der Waals surface area contributed by atoms with Crippen LogP contribution in [-0.2, 0) is 11.3 Å². The molecule has 2 aromatic carbocycles. The predicted molar refractivity (Wildman–Crippen MR) is 115 cm³/mol. The summed E-state index contributed by atoms with van der Waals surface area (Å²) < 4.78 is 2.04. The van der Waals surface area contributed by atoms with Crippen LogP contribution in [0.3, 0.4) is 0 Å². The van der Waals surface area contributed by atoms with Gasteiger partial charge >= 0.3 is 0 Å². The maximum atomic E-state index is 12.3. The first-order valence-corrected chi connectivity index (χ1v) is 10.5. The molecule has 0 fully saturated rings. The molecule has 1 amide bonds. The molecule has 1 atom stereocenters. The van der Waals surface area contributed by atoms with E-state index in [0.717, 1.165) is 23.1 Å². The number of amides is 1. The number of aryl methyl sites for hydroxylation is 1. The normalized spacial score (nSPS) is 12.0. The van der Waals surface area contributed by atoms with Gasteiger partial charge in [-0.15, -0.1) is 10.2 Å². The van der Waals surface area contributed by atoms with Crippen LogP contribution < -0.4 is 5.32 Å². The summed E-state index contributed by atoms with van der Waals surface area (Å²) in [6.45, 7) is 7.01. The summed E-state index contributed by atoms with van der Waals surface area (Å²) in [5.74, 6) is 1.61. The average molecular weight is 395 g/mol. The van der Waals surface area contributed by atoms with E-state index in [1.54, 1.807) is 0 Å². The molecule has 3 aromatic rings. The minimum Gasteiger partial charge on any atom is -0.325 e. The zero-order chi connectivity index (χ0) is 19.9. The zero-order valence-electron chi connectivity index (χ0n) is 16.6. The van der Waals surface area contributed by atoms with Gasteiger partial charge in [0.15, 0.2) is 5.16 Å². The van der Waals surface area contributed by atoms with Crippen LogP contribution in [0.4, 0.5) is 5.69 Å². The SMILES string of the molecule is CC[C@H](C)c1ccc(NC(=O)CSc2nnc(C)n2Cc2ccccc2)cc1. The molecule has 1 N–H and O–H groups in total. The molecule has 0 aliphatic rings. The molecule has 0 bridgehead atoms. The molecule has 3 rings (SSSR count). The first-order valence-electron chi connectivity index (χ1n) is 9.53. The van der Waals surface area contributed by atoms with Crippen LogP contribution >= 0.6 is 11.8 Å². The fourth-order valence-electron chi connectivity index (χ4n) is 2.87. The Hall–Kier alpha value is -2.60. The maximum absolute atomic E-state index is 12.3. The highest BCUT2D eigenvalue weighted by Crippen LogP contribution is 2.22. The lowest BCUT2D eigenvalue weighted by atomic mass is 9.99. The number of carbonyl (C=O) groups excluding carboxylic acids is 1. The summed E-state index contributed by atoms with van der Waals surface area (Å²) in [5.41, 5.74) is 3.29. The molecule has 0 radical (unpaired) electrons. The largest absolute Gasteiger partial charge is 0.325 e. The van der Waals surface area contributed by atoms with Gasteiger partial charge in [0.2, 0.25) is 5.91 Å². The Morgan fingerprint density at radius 3 is 2.50 bits per heavy atom. The predicted octanol–water partition coefficient (Wildman–Crippen LogP) is 4.88. The van der Waals surface area contributed by atoms with E-state index in [1.165, 1.54) is 22.9 Å². The van der Waals surface area contributed by atoms with Crippen LogP contribution in [0.25, 0.3) is 0 Å². The smallest absolute Gasteiger partial charge is 0.234 e. The van der Waals surface area contributed by atoms with Crippen molar-refractivity contribution >= 4 is 23.4 Å². The van der Waals surface area contributed by atoms with Crippen LogP contribution in [0, 0.1) is 6.92 Å². The van der Waals surface area contributed by atoms with Crippen LogP contribution in [0.2, 0.25) is 0 Å².